The van der Waals surface area contributed by atoms with Gasteiger partial charge < -0.3 is 19.2 Å². The summed E-state index contributed by atoms with van der Waals surface area (Å²) in [5.41, 5.74) is 0.290. The van der Waals surface area contributed by atoms with Crippen molar-refractivity contribution in [2.45, 2.75) is 27.3 Å². The molecule has 0 fully saturated rings. The molecule has 1 amide bonds. The van der Waals surface area contributed by atoms with E-state index in [0.29, 0.717) is 48.8 Å². The zero-order valence-electron chi connectivity index (χ0n) is 15.2. The highest BCUT2D eigenvalue weighted by molar-refractivity contribution is 5.97. The van der Waals surface area contributed by atoms with Gasteiger partial charge >= 0.3 is 11.1 Å². The molecule has 0 bridgehead atoms. The maximum atomic E-state index is 12.8. The van der Waals surface area contributed by atoms with Crippen molar-refractivity contribution < 1.29 is 9.53 Å². The number of carbonyl (C=O) groups is 1. The maximum Gasteiger partial charge on any atom is 0.316 e. The number of carbonyl (C=O) groups excluding carboxylic acids is 1. The van der Waals surface area contributed by atoms with E-state index in [4.69, 9.17) is 4.74 Å². The molecule has 0 aliphatic heterocycles. The smallest absolute Gasteiger partial charge is 0.316 e. The molecule has 136 valence electrons. The highest BCUT2D eigenvalue weighted by Crippen LogP contribution is 2.14. The minimum absolute atomic E-state index is 0.122. The van der Waals surface area contributed by atoms with Crippen molar-refractivity contribution in [3.8, 4) is 0 Å². The number of hydrogen-bond acceptors (Lipinski definition) is 4. The maximum absolute atomic E-state index is 12.8. The molecular formula is C18H25N3O4. The molecule has 0 atom stereocenters. The number of aromatic nitrogens is 2. The monoisotopic (exact) mass is 347 g/mol. The van der Waals surface area contributed by atoms with E-state index in [1.54, 1.807) is 37.1 Å². The van der Waals surface area contributed by atoms with Gasteiger partial charge in [-0.25, -0.2) is 0 Å². The molecule has 1 heterocycles. The van der Waals surface area contributed by atoms with Crippen LogP contribution < -0.4 is 11.1 Å². The lowest BCUT2D eigenvalue weighted by molar-refractivity contribution is 0.0672. The standard InChI is InChI=1S/C18H25N3O4/c1-5-21-15-7-6-13(10-14(15)19-16(22)18(21)24)17(23)20(8-9-25-4)11-12(2)3/h6-7,10,12H,5,8-9,11H2,1-4H3,(H,19,22). The lowest BCUT2D eigenvalue weighted by Gasteiger charge is -2.24. The Bertz CT molecular complexity index is 867. The van der Waals surface area contributed by atoms with Crippen molar-refractivity contribution in [3.63, 3.8) is 0 Å². The van der Waals surface area contributed by atoms with Crippen LogP contribution in [0, 0.1) is 5.92 Å². The second kappa shape index (κ2) is 8.11. The zero-order chi connectivity index (χ0) is 18.6. The summed E-state index contributed by atoms with van der Waals surface area (Å²) < 4.78 is 6.49. The average Bonchev–Trinajstić information content (AvgIpc) is 2.58. The van der Waals surface area contributed by atoms with Gasteiger partial charge in [-0.2, -0.15) is 0 Å². The van der Waals surface area contributed by atoms with Gasteiger partial charge in [-0.1, -0.05) is 13.8 Å². The van der Waals surface area contributed by atoms with E-state index in [0.717, 1.165) is 0 Å². The van der Waals surface area contributed by atoms with Crippen LogP contribution in [0.15, 0.2) is 27.8 Å². The van der Waals surface area contributed by atoms with Gasteiger partial charge in [0.15, 0.2) is 0 Å². The van der Waals surface area contributed by atoms with Gasteiger partial charge in [0.05, 0.1) is 17.6 Å². The van der Waals surface area contributed by atoms with Crippen molar-refractivity contribution in [2.75, 3.05) is 26.8 Å². The van der Waals surface area contributed by atoms with Crippen LogP contribution in [-0.4, -0.2) is 47.2 Å². The summed E-state index contributed by atoms with van der Waals surface area (Å²) in [5, 5.41) is 0. The summed E-state index contributed by atoms with van der Waals surface area (Å²) in [5.74, 6) is 0.203. The molecular weight excluding hydrogens is 322 g/mol. The largest absolute Gasteiger partial charge is 0.383 e. The number of benzene rings is 1. The number of H-pyrrole nitrogens is 1. The van der Waals surface area contributed by atoms with E-state index < -0.39 is 11.1 Å². The summed E-state index contributed by atoms with van der Waals surface area (Å²) in [6, 6.07) is 5.02. The number of methoxy groups -OCH3 is 1. The van der Waals surface area contributed by atoms with Crippen LogP contribution in [0.25, 0.3) is 11.0 Å². The molecule has 1 aromatic carbocycles. The molecule has 2 aromatic rings. The number of nitrogens with zero attached hydrogens (tertiary/aromatic N) is 2. The van der Waals surface area contributed by atoms with E-state index in [2.05, 4.69) is 4.98 Å². The average molecular weight is 347 g/mol. The van der Waals surface area contributed by atoms with Crippen LogP contribution in [-0.2, 0) is 11.3 Å². The third-order valence-corrected chi connectivity index (χ3v) is 3.98. The van der Waals surface area contributed by atoms with Crippen LogP contribution in [0.1, 0.15) is 31.1 Å². The predicted octanol–water partition coefficient (Wildman–Crippen LogP) is 1.45. The number of rotatable bonds is 7. The first-order valence-corrected chi connectivity index (χ1v) is 8.44. The number of nitrogens with one attached hydrogen (secondary N) is 1. The van der Waals surface area contributed by atoms with E-state index in [-0.39, 0.29) is 5.91 Å². The highest BCUT2D eigenvalue weighted by atomic mass is 16.5. The van der Waals surface area contributed by atoms with Crippen molar-refractivity contribution in [1.82, 2.24) is 14.5 Å². The van der Waals surface area contributed by atoms with Crippen molar-refractivity contribution in [1.29, 1.82) is 0 Å². The number of hydrogen-bond donors (Lipinski definition) is 1. The Kier molecular flexibility index (Phi) is 6.14. The molecule has 7 nitrogen and oxygen atoms in total. The van der Waals surface area contributed by atoms with E-state index in [9.17, 15) is 14.4 Å². The van der Waals surface area contributed by atoms with Gasteiger partial charge in [0, 0.05) is 32.3 Å². The Labute approximate surface area is 146 Å². The van der Waals surface area contributed by atoms with Gasteiger partial charge in [-0.15, -0.1) is 0 Å². The molecule has 2 rings (SSSR count). The van der Waals surface area contributed by atoms with Gasteiger partial charge in [0.25, 0.3) is 5.91 Å². The summed E-state index contributed by atoms with van der Waals surface area (Å²) in [6.07, 6.45) is 0. The Morgan fingerprint density at radius 2 is 2.04 bits per heavy atom. The molecule has 0 aliphatic rings. The normalized spacial score (nSPS) is 11.2. The fourth-order valence-electron chi connectivity index (χ4n) is 2.83. The minimum atomic E-state index is -0.683. The van der Waals surface area contributed by atoms with E-state index in [1.807, 2.05) is 13.8 Å². The molecule has 1 aromatic heterocycles. The number of aromatic amines is 1. The number of amides is 1. The third-order valence-electron chi connectivity index (χ3n) is 3.98. The Hall–Kier alpha value is -2.41. The topological polar surface area (TPSA) is 84.4 Å². The summed E-state index contributed by atoms with van der Waals surface area (Å²) in [4.78, 5) is 40.9. The SMILES string of the molecule is CCn1c(=O)c(=O)[nH]c2cc(C(=O)N(CCOC)CC(C)C)ccc21. The van der Waals surface area contributed by atoms with Crippen LogP contribution in [0.5, 0.6) is 0 Å². The molecule has 1 N–H and O–H groups in total. The Balaban J connectivity index is 2.46. The van der Waals surface area contributed by atoms with Gasteiger partial charge in [0.1, 0.15) is 0 Å². The second-order valence-corrected chi connectivity index (χ2v) is 6.37. The molecule has 0 saturated heterocycles. The highest BCUT2D eigenvalue weighted by Gasteiger charge is 2.18. The molecule has 0 unspecified atom stereocenters. The molecule has 25 heavy (non-hydrogen) atoms. The molecule has 0 aliphatic carbocycles. The van der Waals surface area contributed by atoms with Crippen LogP contribution >= 0.6 is 0 Å². The van der Waals surface area contributed by atoms with Gasteiger partial charge in [-0.05, 0) is 31.0 Å². The quantitative estimate of drug-likeness (QED) is 0.769. The Morgan fingerprint density at radius 1 is 1.32 bits per heavy atom. The van der Waals surface area contributed by atoms with Crippen LogP contribution in [0.2, 0.25) is 0 Å². The lowest BCUT2D eigenvalue weighted by Crippen LogP contribution is -2.37. The fraction of sp³-hybridized carbons (Fsp3) is 0.500. The first kappa shape index (κ1) is 18.9. The van der Waals surface area contributed by atoms with Crippen LogP contribution in [0.4, 0.5) is 0 Å². The fourth-order valence-corrected chi connectivity index (χ4v) is 2.83. The number of ether oxygens (including phenoxy) is 1. The van der Waals surface area contributed by atoms with Crippen molar-refractivity contribution >= 4 is 16.9 Å². The van der Waals surface area contributed by atoms with E-state index in [1.165, 1.54) is 4.57 Å². The van der Waals surface area contributed by atoms with Gasteiger partial charge in [-0.3, -0.25) is 14.4 Å². The molecule has 7 heteroatoms. The summed E-state index contributed by atoms with van der Waals surface area (Å²) >= 11 is 0. The third kappa shape index (κ3) is 4.17. The van der Waals surface area contributed by atoms with E-state index >= 15 is 0 Å². The lowest BCUT2D eigenvalue weighted by atomic mass is 10.1. The number of aryl methyl sites for hydroxylation is 1. The first-order chi connectivity index (χ1) is 11.9. The zero-order valence-corrected chi connectivity index (χ0v) is 15.2. The van der Waals surface area contributed by atoms with Crippen molar-refractivity contribution in [3.05, 3.63) is 44.5 Å². The first-order valence-electron chi connectivity index (χ1n) is 8.44. The van der Waals surface area contributed by atoms with Crippen molar-refractivity contribution in [2.24, 2.45) is 5.92 Å². The predicted molar refractivity (Wildman–Crippen MR) is 97.1 cm³/mol. The second-order valence-electron chi connectivity index (χ2n) is 6.37. The van der Waals surface area contributed by atoms with Gasteiger partial charge in [0.2, 0.25) is 0 Å². The minimum Gasteiger partial charge on any atom is -0.383 e. The molecule has 0 spiro atoms. The molecule has 0 saturated carbocycles. The Morgan fingerprint density at radius 3 is 2.64 bits per heavy atom. The molecule has 0 radical (unpaired) electrons. The summed E-state index contributed by atoms with van der Waals surface area (Å²) in [7, 11) is 1.60. The summed E-state index contributed by atoms with van der Waals surface area (Å²) in [6.45, 7) is 7.85. The van der Waals surface area contributed by atoms with Crippen LogP contribution in [0.3, 0.4) is 0 Å². The number of fused-ring (bicyclic) bond motifs is 1.